The van der Waals surface area contributed by atoms with Gasteiger partial charge in [0.2, 0.25) is 0 Å². The summed E-state index contributed by atoms with van der Waals surface area (Å²) in [5, 5.41) is 20.2. The molecule has 0 aliphatic carbocycles. The van der Waals surface area contributed by atoms with Crippen LogP contribution in [0.4, 0.5) is 13.2 Å². The van der Waals surface area contributed by atoms with Crippen LogP contribution >= 0.6 is 0 Å². The first-order chi connectivity index (χ1) is 17.1. The number of rotatable bonds is 7. The van der Waals surface area contributed by atoms with Crippen molar-refractivity contribution in [3.63, 3.8) is 0 Å². The normalized spacial score (nSPS) is 12.2. The Kier molecular flexibility index (Phi) is 6.86. The Hall–Kier alpha value is -4.47. The SMILES string of the molecule is C[C@H](NC(=O)c1c(-c2ccccc2)nnn1Cc1cccc(C(F)(F)F)c1)c1ccc(C(=O)O)cc1. The monoisotopic (exact) mass is 494 g/mol. The number of aromatic nitrogens is 3. The van der Waals surface area contributed by atoms with Crippen molar-refractivity contribution in [1.82, 2.24) is 20.3 Å². The molecule has 7 nitrogen and oxygen atoms in total. The van der Waals surface area contributed by atoms with Crippen molar-refractivity contribution in [2.45, 2.75) is 25.7 Å². The third-order valence-electron chi connectivity index (χ3n) is 5.59. The topological polar surface area (TPSA) is 97.1 Å². The van der Waals surface area contributed by atoms with Gasteiger partial charge < -0.3 is 10.4 Å². The van der Waals surface area contributed by atoms with Crippen molar-refractivity contribution in [1.29, 1.82) is 0 Å². The molecule has 0 fully saturated rings. The molecule has 0 aliphatic rings. The smallest absolute Gasteiger partial charge is 0.416 e. The number of halogens is 3. The lowest BCUT2D eigenvalue weighted by Gasteiger charge is -2.16. The molecule has 0 aliphatic heterocycles. The van der Waals surface area contributed by atoms with Gasteiger partial charge in [-0.05, 0) is 42.3 Å². The summed E-state index contributed by atoms with van der Waals surface area (Å²) in [5.74, 6) is -1.59. The number of amides is 1. The van der Waals surface area contributed by atoms with Crippen molar-refractivity contribution < 1.29 is 27.9 Å². The van der Waals surface area contributed by atoms with Crippen LogP contribution in [0, 0.1) is 0 Å². The summed E-state index contributed by atoms with van der Waals surface area (Å²) >= 11 is 0. The lowest BCUT2D eigenvalue weighted by Crippen LogP contribution is -2.29. The number of carboxylic acid groups (broad SMARTS) is 1. The minimum absolute atomic E-state index is 0.0904. The molecule has 184 valence electrons. The number of nitrogens with zero attached hydrogens (tertiary/aromatic N) is 3. The van der Waals surface area contributed by atoms with Crippen molar-refractivity contribution in [2.24, 2.45) is 0 Å². The van der Waals surface area contributed by atoms with Crippen molar-refractivity contribution in [2.75, 3.05) is 0 Å². The molecule has 10 heteroatoms. The Bertz CT molecular complexity index is 1380. The van der Waals surface area contributed by atoms with E-state index in [9.17, 15) is 22.8 Å². The van der Waals surface area contributed by atoms with E-state index in [0.29, 0.717) is 16.7 Å². The van der Waals surface area contributed by atoms with Gasteiger partial charge in [0.05, 0.1) is 23.7 Å². The second-order valence-electron chi connectivity index (χ2n) is 8.13. The van der Waals surface area contributed by atoms with Gasteiger partial charge in [0, 0.05) is 5.56 Å². The van der Waals surface area contributed by atoms with Gasteiger partial charge in [-0.3, -0.25) is 4.79 Å². The van der Waals surface area contributed by atoms with E-state index in [1.807, 2.05) is 0 Å². The number of aromatic carboxylic acids is 1. The van der Waals surface area contributed by atoms with Crippen molar-refractivity contribution >= 4 is 11.9 Å². The Balaban J connectivity index is 1.66. The zero-order valence-electron chi connectivity index (χ0n) is 19.0. The number of alkyl halides is 3. The second-order valence-corrected chi connectivity index (χ2v) is 8.13. The minimum Gasteiger partial charge on any atom is -0.478 e. The largest absolute Gasteiger partial charge is 0.478 e. The summed E-state index contributed by atoms with van der Waals surface area (Å²) in [6.45, 7) is 1.63. The lowest BCUT2D eigenvalue weighted by atomic mass is 10.1. The Labute approximate surface area is 204 Å². The van der Waals surface area contributed by atoms with Gasteiger partial charge in [-0.1, -0.05) is 59.8 Å². The molecule has 0 saturated carbocycles. The third kappa shape index (κ3) is 5.43. The quantitative estimate of drug-likeness (QED) is 0.368. The Morgan fingerprint density at radius 3 is 2.33 bits per heavy atom. The number of carbonyl (C=O) groups is 2. The van der Waals surface area contributed by atoms with Crippen LogP contribution < -0.4 is 5.32 Å². The average molecular weight is 494 g/mol. The van der Waals surface area contributed by atoms with E-state index in [4.69, 9.17) is 5.11 Å². The first-order valence-electron chi connectivity index (χ1n) is 10.9. The van der Waals surface area contributed by atoms with Gasteiger partial charge in [-0.15, -0.1) is 5.10 Å². The highest BCUT2D eigenvalue weighted by Gasteiger charge is 2.30. The van der Waals surface area contributed by atoms with Crippen LogP contribution in [0.3, 0.4) is 0 Å². The molecule has 0 bridgehead atoms. The molecule has 36 heavy (non-hydrogen) atoms. The van der Waals surface area contributed by atoms with Crippen LogP contribution in [-0.2, 0) is 12.7 Å². The molecule has 1 atom stereocenters. The fourth-order valence-electron chi connectivity index (χ4n) is 3.72. The minimum atomic E-state index is -4.50. The summed E-state index contributed by atoms with van der Waals surface area (Å²) in [5.41, 5.74) is 1.30. The Morgan fingerprint density at radius 1 is 1.00 bits per heavy atom. The van der Waals surface area contributed by atoms with Gasteiger partial charge in [0.15, 0.2) is 5.69 Å². The summed E-state index contributed by atoms with van der Waals surface area (Å²) < 4.78 is 40.8. The van der Waals surface area contributed by atoms with E-state index in [1.54, 1.807) is 49.4 Å². The summed E-state index contributed by atoms with van der Waals surface area (Å²) in [6.07, 6.45) is -4.50. The fraction of sp³-hybridized carbons (Fsp3) is 0.154. The van der Waals surface area contributed by atoms with Gasteiger partial charge in [-0.25, -0.2) is 9.48 Å². The maximum absolute atomic E-state index is 13.4. The first-order valence-corrected chi connectivity index (χ1v) is 10.9. The highest BCUT2D eigenvalue weighted by molar-refractivity contribution is 5.98. The van der Waals surface area contributed by atoms with Crippen LogP contribution in [0.1, 0.15) is 50.5 Å². The van der Waals surface area contributed by atoms with Crippen LogP contribution in [-0.4, -0.2) is 32.0 Å². The third-order valence-corrected chi connectivity index (χ3v) is 5.59. The number of benzene rings is 3. The molecular formula is C26H21F3N4O3. The molecule has 1 aromatic heterocycles. The molecule has 0 saturated heterocycles. The lowest BCUT2D eigenvalue weighted by molar-refractivity contribution is -0.137. The van der Waals surface area contributed by atoms with Crippen molar-refractivity contribution in [3.05, 3.63) is 107 Å². The van der Waals surface area contributed by atoms with Crippen LogP contribution in [0.25, 0.3) is 11.3 Å². The standard InChI is InChI=1S/C26H21F3N4O3/c1-16(18-10-12-20(13-11-18)25(35)36)30-24(34)23-22(19-7-3-2-4-8-19)31-32-33(23)15-17-6-5-9-21(14-17)26(27,28)29/h2-14,16H,15H2,1H3,(H,30,34)(H,35,36)/t16-/m0/s1. The molecule has 3 aromatic carbocycles. The highest BCUT2D eigenvalue weighted by Crippen LogP contribution is 2.30. The molecular weight excluding hydrogens is 473 g/mol. The molecule has 0 radical (unpaired) electrons. The van der Waals surface area contributed by atoms with E-state index in [0.717, 1.165) is 12.1 Å². The molecule has 0 unspecified atom stereocenters. The molecule has 1 heterocycles. The number of nitrogens with one attached hydrogen (secondary N) is 1. The first kappa shape index (κ1) is 24.6. The average Bonchev–Trinajstić information content (AvgIpc) is 3.28. The van der Waals surface area contributed by atoms with Crippen LogP contribution in [0.15, 0.2) is 78.9 Å². The number of hydrogen-bond acceptors (Lipinski definition) is 4. The summed E-state index contributed by atoms with van der Waals surface area (Å²) in [4.78, 5) is 24.5. The van der Waals surface area contributed by atoms with E-state index in [-0.39, 0.29) is 23.5 Å². The number of carbonyl (C=O) groups excluding carboxylic acids is 1. The van der Waals surface area contributed by atoms with Gasteiger partial charge in [0.1, 0.15) is 5.69 Å². The number of hydrogen-bond donors (Lipinski definition) is 2. The fourth-order valence-corrected chi connectivity index (χ4v) is 3.72. The van der Waals surface area contributed by atoms with Gasteiger partial charge in [-0.2, -0.15) is 13.2 Å². The molecule has 4 rings (SSSR count). The molecule has 1 amide bonds. The zero-order valence-corrected chi connectivity index (χ0v) is 19.0. The van der Waals surface area contributed by atoms with E-state index in [1.165, 1.54) is 28.9 Å². The van der Waals surface area contributed by atoms with Gasteiger partial charge in [0.25, 0.3) is 5.91 Å². The number of carboxylic acids is 1. The second kappa shape index (κ2) is 10.0. The maximum atomic E-state index is 13.4. The van der Waals surface area contributed by atoms with Crippen LogP contribution in [0.2, 0.25) is 0 Å². The van der Waals surface area contributed by atoms with E-state index >= 15 is 0 Å². The summed E-state index contributed by atoms with van der Waals surface area (Å²) in [6, 6.07) is 19.3. The van der Waals surface area contributed by atoms with Crippen LogP contribution in [0.5, 0.6) is 0 Å². The zero-order chi connectivity index (χ0) is 25.9. The van der Waals surface area contributed by atoms with Gasteiger partial charge >= 0.3 is 12.1 Å². The molecule has 4 aromatic rings. The molecule has 2 N–H and O–H groups in total. The highest BCUT2D eigenvalue weighted by atomic mass is 19.4. The summed E-state index contributed by atoms with van der Waals surface area (Å²) in [7, 11) is 0. The Morgan fingerprint density at radius 2 is 1.69 bits per heavy atom. The maximum Gasteiger partial charge on any atom is 0.416 e. The predicted octanol–water partition coefficient (Wildman–Crippen LogP) is 5.20. The molecule has 0 spiro atoms. The van der Waals surface area contributed by atoms with E-state index in [2.05, 4.69) is 15.6 Å². The predicted molar refractivity (Wildman–Crippen MR) is 125 cm³/mol. The van der Waals surface area contributed by atoms with E-state index < -0.39 is 29.7 Å². The van der Waals surface area contributed by atoms with Crippen molar-refractivity contribution in [3.8, 4) is 11.3 Å².